The van der Waals surface area contributed by atoms with E-state index in [9.17, 15) is 19.5 Å². The number of carboxylic acids is 1. The Bertz CT molecular complexity index is 1190. The molecule has 0 aromatic carbocycles. The number of rotatable bonds is 7. The number of allylic oxidation sites excluding steroid dienone is 2. The van der Waals surface area contributed by atoms with Gasteiger partial charge >= 0.3 is 17.9 Å². The summed E-state index contributed by atoms with van der Waals surface area (Å²) >= 11 is 0. The lowest BCUT2D eigenvalue weighted by Gasteiger charge is -2.71. The van der Waals surface area contributed by atoms with Crippen LogP contribution >= 0.6 is 0 Å². The number of ether oxygens (including phenoxy) is 2. The van der Waals surface area contributed by atoms with E-state index in [-0.39, 0.29) is 39.5 Å². The molecule has 0 amide bonds. The smallest absolute Gasteiger partial charge is 0.310 e. The minimum atomic E-state index is -0.650. The second kappa shape index (κ2) is 11.4. The van der Waals surface area contributed by atoms with Crippen molar-refractivity contribution in [1.82, 2.24) is 0 Å². The Hall–Kier alpha value is -1.85. The van der Waals surface area contributed by atoms with E-state index in [1.54, 1.807) is 0 Å². The van der Waals surface area contributed by atoms with Gasteiger partial charge in [0.1, 0.15) is 12.2 Å². The van der Waals surface area contributed by atoms with Crippen LogP contribution in [0.2, 0.25) is 0 Å². The van der Waals surface area contributed by atoms with Gasteiger partial charge in [-0.2, -0.15) is 0 Å². The van der Waals surface area contributed by atoms with E-state index in [0.29, 0.717) is 42.9 Å². The largest absolute Gasteiger partial charge is 0.481 e. The lowest BCUT2D eigenvalue weighted by molar-refractivity contribution is -0.245. The Morgan fingerprint density at radius 3 is 2.11 bits per heavy atom. The highest BCUT2D eigenvalue weighted by Crippen LogP contribution is 2.76. The molecule has 4 saturated carbocycles. The average molecular weight is 613 g/mol. The molecule has 248 valence electrons. The summed E-state index contributed by atoms with van der Waals surface area (Å²) in [6.45, 7) is 20.5. The first-order chi connectivity index (χ1) is 20.5. The van der Waals surface area contributed by atoms with Gasteiger partial charge in [0.25, 0.3) is 0 Å². The fraction of sp³-hybridized carbons (Fsp3) is 0.868. The number of carboxylic acid groups (broad SMARTS) is 1. The molecule has 0 heterocycles. The summed E-state index contributed by atoms with van der Waals surface area (Å²) in [5.74, 6) is 0.592. The number of fused-ring (bicyclic) bond motifs is 7. The van der Waals surface area contributed by atoms with Crippen LogP contribution in [0.15, 0.2) is 11.6 Å². The summed E-state index contributed by atoms with van der Waals surface area (Å²) in [5.41, 5.74) is 0.202. The molecular weight excluding hydrogens is 552 g/mol. The van der Waals surface area contributed by atoms with Gasteiger partial charge in [-0.1, -0.05) is 74.0 Å². The van der Waals surface area contributed by atoms with Crippen LogP contribution in [0.3, 0.4) is 0 Å². The van der Waals surface area contributed by atoms with E-state index in [4.69, 9.17) is 9.47 Å². The zero-order valence-corrected chi connectivity index (χ0v) is 29.1. The van der Waals surface area contributed by atoms with Gasteiger partial charge in [-0.05, 0) is 110 Å². The number of carbonyl (C=O) groups is 3. The van der Waals surface area contributed by atoms with Crippen LogP contribution in [0.5, 0.6) is 0 Å². The fourth-order valence-electron chi connectivity index (χ4n) is 12.1. The van der Waals surface area contributed by atoms with E-state index in [2.05, 4.69) is 54.5 Å². The molecule has 0 unspecified atom stereocenters. The van der Waals surface area contributed by atoms with Crippen molar-refractivity contribution >= 4 is 17.9 Å². The minimum absolute atomic E-state index is 0.00676. The highest BCUT2D eigenvalue weighted by Gasteiger charge is 2.71. The molecule has 0 bridgehead atoms. The summed E-state index contributed by atoms with van der Waals surface area (Å²) in [4.78, 5) is 38.9. The average Bonchev–Trinajstić information content (AvgIpc) is 2.93. The molecule has 5 rings (SSSR count). The Labute approximate surface area is 266 Å². The predicted octanol–water partition coefficient (Wildman–Crippen LogP) is 8.76. The maximum absolute atomic E-state index is 13.0. The lowest BCUT2D eigenvalue weighted by Crippen LogP contribution is -2.68. The van der Waals surface area contributed by atoms with E-state index in [1.807, 2.05) is 13.8 Å². The maximum Gasteiger partial charge on any atom is 0.310 e. The van der Waals surface area contributed by atoms with Gasteiger partial charge in [-0.3, -0.25) is 14.4 Å². The molecule has 0 aliphatic heterocycles. The van der Waals surface area contributed by atoms with Crippen molar-refractivity contribution in [2.75, 3.05) is 0 Å². The molecule has 0 radical (unpaired) electrons. The Kier molecular flexibility index (Phi) is 8.71. The van der Waals surface area contributed by atoms with Gasteiger partial charge in [-0.15, -0.1) is 0 Å². The van der Waals surface area contributed by atoms with E-state index in [1.165, 1.54) is 5.57 Å². The van der Waals surface area contributed by atoms with Gasteiger partial charge in [-0.25, -0.2) is 0 Å². The van der Waals surface area contributed by atoms with Crippen molar-refractivity contribution in [2.45, 2.75) is 152 Å². The molecule has 6 nitrogen and oxygen atoms in total. The van der Waals surface area contributed by atoms with Gasteiger partial charge in [0, 0.05) is 18.3 Å². The van der Waals surface area contributed by atoms with Crippen LogP contribution in [0.4, 0.5) is 0 Å². The van der Waals surface area contributed by atoms with Crippen LogP contribution < -0.4 is 0 Å². The summed E-state index contributed by atoms with van der Waals surface area (Å²) in [7, 11) is 0. The quantitative estimate of drug-likeness (QED) is 0.228. The second-order valence-electron chi connectivity index (χ2n) is 17.1. The summed E-state index contributed by atoms with van der Waals surface area (Å²) < 4.78 is 12.5. The SMILES string of the molecule is CCCC(=O)O[C@@H]1C[C@]2(C)[C@H]3CC=C4[C@@H]5[C@@H](C)[C@H](C)CC[C@]5(C(=O)O)CC[C@@]4(C)[C@]3(C)CC[C@H]2C(C)(C)[C@H]1OC(=O)CCC. The first-order valence-corrected chi connectivity index (χ1v) is 17.9. The first-order valence-electron chi connectivity index (χ1n) is 17.9. The van der Waals surface area contributed by atoms with Crippen LogP contribution in [-0.2, 0) is 23.9 Å². The Morgan fingerprint density at radius 2 is 1.50 bits per heavy atom. The van der Waals surface area contributed by atoms with E-state index in [0.717, 1.165) is 57.8 Å². The third kappa shape index (κ3) is 4.72. The molecule has 4 fully saturated rings. The van der Waals surface area contributed by atoms with Crippen molar-refractivity contribution in [3.8, 4) is 0 Å². The molecule has 0 saturated heterocycles. The van der Waals surface area contributed by atoms with E-state index < -0.39 is 23.6 Å². The van der Waals surface area contributed by atoms with Gasteiger partial charge in [0.2, 0.25) is 0 Å². The van der Waals surface area contributed by atoms with Crippen molar-refractivity contribution in [1.29, 1.82) is 0 Å². The van der Waals surface area contributed by atoms with Crippen molar-refractivity contribution < 1.29 is 29.0 Å². The zero-order chi connectivity index (χ0) is 32.5. The molecule has 6 heteroatoms. The fourth-order valence-corrected chi connectivity index (χ4v) is 12.1. The normalized spacial score (nSPS) is 45.8. The second-order valence-corrected chi connectivity index (χ2v) is 17.1. The summed E-state index contributed by atoms with van der Waals surface area (Å²) in [5, 5.41) is 10.7. The molecule has 0 spiro atoms. The summed E-state index contributed by atoms with van der Waals surface area (Å²) in [6.07, 6.45) is 10.9. The number of carbonyl (C=O) groups excluding carboxylic acids is 2. The van der Waals surface area contributed by atoms with Crippen LogP contribution in [0.25, 0.3) is 0 Å². The summed E-state index contributed by atoms with van der Waals surface area (Å²) in [6, 6.07) is 0. The van der Waals surface area contributed by atoms with Crippen LogP contribution in [0.1, 0.15) is 139 Å². The van der Waals surface area contributed by atoms with Gasteiger partial charge in [0.15, 0.2) is 0 Å². The minimum Gasteiger partial charge on any atom is -0.481 e. The predicted molar refractivity (Wildman–Crippen MR) is 172 cm³/mol. The van der Waals surface area contributed by atoms with Crippen molar-refractivity contribution in [3.63, 3.8) is 0 Å². The highest BCUT2D eigenvalue weighted by atomic mass is 16.6. The van der Waals surface area contributed by atoms with Crippen LogP contribution in [0, 0.1) is 56.7 Å². The highest BCUT2D eigenvalue weighted by molar-refractivity contribution is 5.77. The molecule has 5 aliphatic carbocycles. The van der Waals surface area contributed by atoms with Crippen molar-refractivity contribution in [2.24, 2.45) is 56.7 Å². The maximum atomic E-state index is 13.0. The molecule has 11 atom stereocenters. The van der Waals surface area contributed by atoms with E-state index >= 15 is 0 Å². The lowest BCUT2D eigenvalue weighted by atomic mass is 9.33. The standard InChI is InChI=1S/C38H60O6/c1-10-12-29(39)43-26-22-35(7)27(34(5,6)32(26)44-30(40)13-11-2)17-18-37(9)28(35)15-14-25-31-24(4)23(3)16-19-38(31,33(41)42)21-20-36(25,37)8/h14,23-24,26-28,31-32H,10-13,15-22H2,1-9H3,(H,41,42)/t23-,24+,26-,27+,28-,31+,32+,35+,36-,37-,38+/m1/s1. The monoisotopic (exact) mass is 612 g/mol. The third-order valence-corrected chi connectivity index (χ3v) is 14.7. The molecule has 0 aromatic heterocycles. The zero-order valence-electron chi connectivity index (χ0n) is 29.1. The first kappa shape index (κ1) is 33.5. The van der Waals surface area contributed by atoms with Crippen molar-refractivity contribution in [3.05, 3.63) is 11.6 Å². The third-order valence-electron chi connectivity index (χ3n) is 14.7. The Morgan fingerprint density at radius 1 is 0.864 bits per heavy atom. The molecular formula is C38H60O6. The molecule has 44 heavy (non-hydrogen) atoms. The molecule has 1 N–H and O–H groups in total. The van der Waals surface area contributed by atoms with Gasteiger partial charge in [0.05, 0.1) is 5.41 Å². The number of hydrogen-bond donors (Lipinski definition) is 1. The van der Waals surface area contributed by atoms with Gasteiger partial charge < -0.3 is 14.6 Å². The number of aliphatic carboxylic acids is 1. The number of esters is 2. The molecule has 5 aliphatic rings. The molecule has 0 aromatic rings. The number of hydrogen-bond acceptors (Lipinski definition) is 5. The van der Waals surface area contributed by atoms with Crippen LogP contribution in [-0.4, -0.2) is 35.2 Å². The topological polar surface area (TPSA) is 89.9 Å². The Balaban J connectivity index is 1.57.